The van der Waals surface area contributed by atoms with Crippen molar-refractivity contribution < 1.29 is 9.26 Å². The van der Waals surface area contributed by atoms with Crippen LogP contribution in [0.15, 0.2) is 27.2 Å². The number of hydrogen-bond acceptors (Lipinski definition) is 4. The third-order valence-electron chi connectivity index (χ3n) is 2.99. The molecule has 90 valence electrons. The molecule has 0 aliphatic carbocycles. The van der Waals surface area contributed by atoms with Crippen molar-refractivity contribution in [1.29, 1.82) is 0 Å². The molecule has 0 atom stereocenters. The molecule has 2 heterocycles. The Morgan fingerprint density at radius 3 is 2.94 bits per heavy atom. The van der Waals surface area contributed by atoms with Gasteiger partial charge in [0.25, 0.3) is 0 Å². The number of benzene rings is 1. The lowest BCUT2D eigenvalue weighted by Gasteiger charge is -2.25. The van der Waals surface area contributed by atoms with Gasteiger partial charge in [0, 0.05) is 29.5 Å². The summed E-state index contributed by atoms with van der Waals surface area (Å²) in [5, 5.41) is 5.25. The van der Waals surface area contributed by atoms with E-state index in [0.717, 1.165) is 54.0 Å². The third-order valence-corrected chi connectivity index (χ3v) is 3.48. The lowest BCUT2D eigenvalue weighted by atomic mass is 10.2. The van der Waals surface area contributed by atoms with Crippen LogP contribution >= 0.6 is 15.9 Å². The maximum atomic E-state index is 5.33. The van der Waals surface area contributed by atoms with Crippen LogP contribution < -0.4 is 0 Å². The van der Waals surface area contributed by atoms with Gasteiger partial charge in [-0.3, -0.25) is 4.90 Å². The monoisotopic (exact) mass is 296 g/mol. The molecule has 3 rings (SSSR count). The Labute approximate surface area is 108 Å². The Morgan fingerprint density at radius 2 is 2.12 bits per heavy atom. The smallest absolute Gasteiger partial charge is 0.168 e. The normalized spacial score (nSPS) is 17.7. The van der Waals surface area contributed by atoms with E-state index in [4.69, 9.17) is 9.26 Å². The van der Waals surface area contributed by atoms with Gasteiger partial charge in [0.15, 0.2) is 5.58 Å². The van der Waals surface area contributed by atoms with E-state index in [2.05, 4.69) is 26.0 Å². The minimum atomic E-state index is 0.807. The molecule has 1 aromatic heterocycles. The molecular weight excluding hydrogens is 284 g/mol. The molecule has 0 unspecified atom stereocenters. The molecule has 1 aromatic carbocycles. The number of halogens is 1. The van der Waals surface area contributed by atoms with Gasteiger partial charge in [-0.25, -0.2) is 0 Å². The first-order chi connectivity index (χ1) is 8.33. The Hall–Kier alpha value is -0.910. The van der Waals surface area contributed by atoms with Gasteiger partial charge in [-0.05, 0) is 18.2 Å². The molecule has 17 heavy (non-hydrogen) atoms. The summed E-state index contributed by atoms with van der Waals surface area (Å²) in [6.07, 6.45) is 0. The van der Waals surface area contributed by atoms with E-state index in [-0.39, 0.29) is 0 Å². The van der Waals surface area contributed by atoms with Crippen molar-refractivity contribution in [2.75, 3.05) is 26.3 Å². The second-order valence-electron chi connectivity index (χ2n) is 4.16. The zero-order chi connectivity index (χ0) is 11.7. The van der Waals surface area contributed by atoms with Gasteiger partial charge in [-0.1, -0.05) is 21.1 Å². The molecule has 0 radical (unpaired) electrons. The first kappa shape index (κ1) is 11.2. The summed E-state index contributed by atoms with van der Waals surface area (Å²) in [7, 11) is 0. The molecule has 1 fully saturated rings. The van der Waals surface area contributed by atoms with Crippen molar-refractivity contribution in [3.05, 3.63) is 28.4 Å². The average molecular weight is 297 g/mol. The summed E-state index contributed by atoms with van der Waals surface area (Å²) in [5.74, 6) is 0. The maximum absolute atomic E-state index is 5.33. The summed E-state index contributed by atoms with van der Waals surface area (Å²) < 4.78 is 11.7. The highest BCUT2D eigenvalue weighted by Gasteiger charge is 2.15. The Kier molecular flexibility index (Phi) is 3.13. The minimum Gasteiger partial charge on any atom is -0.379 e. The highest BCUT2D eigenvalue weighted by Crippen LogP contribution is 2.23. The topological polar surface area (TPSA) is 38.5 Å². The molecule has 4 nitrogen and oxygen atoms in total. The summed E-state index contributed by atoms with van der Waals surface area (Å²) in [6, 6.07) is 6.01. The number of morpholine rings is 1. The number of rotatable bonds is 2. The maximum Gasteiger partial charge on any atom is 0.168 e. The highest BCUT2D eigenvalue weighted by atomic mass is 79.9. The van der Waals surface area contributed by atoms with Crippen molar-refractivity contribution in [2.24, 2.45) is 0 Å². The highest BCUT2D eigenvalue weighted by molar-refractivity contribution is 9.10. The predicted molar refractivity (Wildman–Crippen MR) is 67.8 cm³/mol. The van der Waals surface area contributed by atoms with E-state index in [1.165, 1.54) is 0 Å². The first-order valence-electron chi connectivity index (χ1n) is 5.67. The van der Waals surface area contributed by atoms with Crippen LogP contribution in [0.3, 0.4) is 0 Å². The number of aromatic nitrogens is 1. The predicted octanol–water partition coefficient (Wildman–Crippen LogP) is 2.42. The van der Waals surface area contributed by atoms with Gasteiger partial charge >= 0.3 is 0 Å². The Balaban J connectivity index is 1.84. The summed E-state index contributed by atoms with van der Waals surface area (Å²) in [6.45, 7) is 4.37. The molecule has 1 aliphatic rings. The SMILES string of the molecule is Brc1ccc2c(CN3CCOCC3)noc2c1. The van der Waals surface area contributed by atoms with Gasteiger partial charge in [-0.15, -0.1) is 0 Å². The summed E-state index contributed by atoms with van der Waals surface area (Å²) in [4.78, 5) is 2.34. The first-order valence-corrected chi connectivity index (χ1v) is 6.46. The van der Waals surface area contributed by atoms with E-state index in [1.54, 1.807) is 0 Å². The largest absolute Gasteiger partial charge is 0.379 e. The molecule has 0 bridgehead atoms. The molecule has 2 aromatic rings. The Morgan fingerprint density at radius 1 is 1.29 bits per heavy atom. The fourth-order valence-electron chi connectivity index (χ4n) is 2.05. The van der Waals surface area contributed by atoms with Gasteiger partial charge in [0.1, 0.15) is 5.69 Å². The summed E-state index contributed by atoms with van der Waals surface area (Å²) in [5.41, 5.74) is 1.84. The lowest BCUT2D eigenvalue weighted by molar-refractivity contribution is 0.0334. The standard InChI is InChI=1S/C12H13BrN2O2/c13-9-1-2-10-11(14-17-12(10)7-9)8-15-3-5-16-6-4-15/h1-2,7H,3-6,8H2. The number of fused-ring (bicyclic) bond motifs is 1. The second-order valence-corrected chi connectivity index (χ2v) is 5.07. The molecule has 1 aliphatic heterocycles. The molecule has 0 N–H and O–H groups in total. The van der Waals surface area contributed by atoms with Crippen LogP contribution in [0.25, 0.3) is 11.0 Å². The molecule has 0 spiro atoms. The zero-order valence-corrected chi connectivity index (χ0v) is 10.9. The van der Waals surface area contributed by atoms with Crippen molar-refractivity contribution in [3.63, 3.8) is 0 Å². The van der Waals surface area contributed by atoms with E-state index in [1.807, 2.05) is 18.2 Å². The quantitative estimate of drug-likeness (QED) is 0.853. The third kappa shape index (κ3) is 2.36. The molecule has 0 amide bonds. The van der Waals surface area contributed by atoms with E-state index in [0.29, 0.717) is 0 Å². The van der Waals surface area contributed by atoms with Crippen LogP contribution in [0.2, 0.25) is 0 Å². The van der Waals surface area contributed by atoms with Gasteiger partial charge in [0.05, 0.1) is 13.2 Å². The molecule has 0 saturated carbocycles. The minimum absolute atomic E-state index is 0.807. The fraction of sp³-hybridized carbons (Fsp3) is 0.417. The van der Waals surface area contributed by atoms with Crippen LogP contribution in [-0.2, 0) is 11.3 Å². The number of nitrogens with zero attached hydrogens (tertiary/aromatic N) is 2. The van der Waals surface area contributed by atoms with E-state index >= 15 is 0 Å². The van der Waals surface area contributed by atoms with Crippen LogP contribution in [0.5, 0.6) is 0 Å². The van der Waals surface area contributed by atoms with Gasteiger partial charge in [-0.2, -0.15) is 0 Å². The van der Waals surface area contributed by atoms with Crippen LogP contribution in [0.1, 0.15) is 5.69 Å². The van der Waals surface area contributed by atoms with E-state index in [9.17, 15) is 0 Å². The van der Waals surface area contributed by atoms with Crippen molar-refractivity contribution in [2.45, 2.75) is 6.54 Å². The molecule has 5 heteroatoms. The number of hydrogen-bond donors (Lipinski definition) is 0. The summed E-state index contributed by atoms with van der Waals surface area (Å²) >= 11 is 3.43. The van der Waals surface area contributed by atoms with Gasteiger partial charge < -0.3 is 9.26 Å². The van der Waals surface area contributed by atoms with Crippen molar-refractivity contribution in [1.82, 2.24) is 10.1 Å². The van der Waals surface area contributed by atoms with Gasteiger partial charge in [0.2, 0.25) is 0 Å². The molecular formula is C12H13BrN2O2. The van der Waals surface area contributed by atoms with Crippen molar-refractivity contribution in [3.8, 4) is 0 Å². The Bertz CT molecular complexity index is 520. The lowest BCUT2D eigenvalue weighted by Crippen LogP contribution is -2.35. The fourth-order valence-corrected chi connectivity index (χ4v) is 2.39. The van der Waals surface area contributed by atoms with E-state index < -0.39 is 0 Å². The zero-order valence-electron chi connectivity index (χ0n) is 9.36. The molecule has 1 saturated heterocycles. The van der Waals surface area contributed by atoms with Crippen LogP contribution in [-0.4, -0.2) is 36.4 Å². The van der Waals surface area contributed by atoms with Crippen LogP contribution in [0.4, 0.5) is 0 Å². The second kappa shape index (κ2) is 4.76. The number of ether oxygens (including phenoxy) is 1. The van der Waals surface area contributed by atoms with Crippen LogP contribution in [0, 0.1) is 0 Å². The average Bonchev–Trinajstić information content (AvgIpc) is 2.73. The van der Waals surface area contributed by atoms with Crippen molar-refractivity contribution >= 4 is 26.9 Å².